The molecular formula is C13H12BrN3O3. The van der Waals surface area contributed by atoms with Gasteiger partial charge in [-0.25, -0.2) is 0 Å². The lowest BCUT2D eigenvalue weighted by molar-refractivity contribution is -0.120. The van der Waals surface area contributed by atoms with E-state index in [9.17, 15) is 9.59 Å². The molecule has 2 N–H and O–H groups in total. The zero-order chi connectivity index (χ0) is 14.4. The molecule has 7 heteroatoms. The highest BCUT2D eigenvalue weighted by atomic mass is 79.9. The van der Waals surface area contributed by atoms with Gasteiger partial charge in [0.15, 0.2) is 0 Å². The van der Waals surface area contributed by atoms with E-state index in [1.165, 1.54) is 12.5 Å². The van der Waals surface area contributed by atoms with Gasteiger partial charge < -0.3 is 15.1 Å². The summed E-state index contributed by atoms with van der Waals surface area (Å²) in [6, 6.07) is 5.12. The van der Waals surface area contributed by atoms with E-state index in [1.54, 1.807) is 24.4 Å². The molecule has 0 aliphatic rings. The van der Waals surface area contributed by atoms with Crippen molar-refractivity contribution < 1.29 is 14.0 Å². The second-order valence-electron chi connectivity index (χ2n) is 3.93. The largest absolute Gasteiger partial charge is 0.467 e. The van der Waals surface area contributed by atoms with Gasteiger partial charge in [0.2, 0.25) is 5.91 Å². The van der Waals surface area contributed by atoms with Gasteiger partial charge in [-0.1, -0.05) is 0 Å². The van der Waals surface area contributed by atoms with E-state index in [4.69, 9.17) is 4.42 Å². The first-order valence-electron chi connectivity index (χ1n) is 5.83. The Balaban J connectivity index is 1.77. The molecule has 2 aromatic heterocycles. The van der Waals surface area contributed by atoms with Crippen LogP contribution in [0.4, 0.5) is 0 Å². The van der Waals surface area contributed by atoms with Crippen molar-refractivity contribution in [3.8, 4) is 0 Å². The topological polar surface area (TPSA) is 84.2 Å². The predicted octanol–water partition coefficient (Wildman–Crippen LogP) is 1.48. The summed E-state index contributed by atoms with van der Waals surface area (Å²) in [4.78, 5) is 27.2. The maximum atomic E-state index is 11.8. The van der Waals surface area contributed by atoms with Gasteiger partial charge in [0, 0.05) is 16.9 Å². The molecule has 6 nitrogen and oxygen atoms in total. The summed E-state index contributed by atoms with van der Waals surface area (Å²) in [6.07, 6.45) is 4.54. The van der Waals surface area contributed by atoms with Gasteiger partial charge in [0.25, 0.3) is 5.91 Å². The average molecular weight is 338 g/mol. The van der Waals surface area contributed by atoms with E-state index in [1.807, 2.05) is 0 Å². The maximum absolute atomic E-state index is 11.8. The number of carbonyl (C=O) groups excluding carboxylic acids is 2. The smallest absolute Gasteiger partial charge is 0.253 e. The standard InChI is InChI=1S/C13H12BrN3O3/c14-10-4-9(5-15-6-10)13(19)17-8-12(18)16-7-11-2-1-3-20-11/h1-6H,7-8H2,(H,16,18)(H,17,19). The van der Waals surface area contributed by atoms with E-state index in [2.05, 4.69) is 31.5 Å². The van der Waals surface area contributed by atoms with Gasteiger partial charge in [0.05, 0.1) is 24.9 Å². The van der Waals surface area contributed by atoms with Crippen LogP contribution in [0, 0.1) is 0 Å². The minimum absolute atomic E-state index is 0.105. The van der Waals surface area contributed by atoms with Crippen LogP contribution in [0.25, 0.3) is 0 Å². The quantitative estimate of drug-likeness (QED) is 0.865. The molecule has 0 aliphatic heterocycles. The molecule has 0 unspecified atom stereocenters. The minimum atomic E-state index is -0.355. The summed E-state index contributed by atoms with van der Waals surface area (Å²) in [5.74, 6) is 0.00511. The number of amides is 2. The Labute approximate surface area is 123 Å². The molecule has 2 rings (SSSR count). The van der Waals surface area contributed by atoms with Crippen molar-refractivity contribution in [2.24, 2.45) is 0 Å². The van der Waals surface area contributed by atoms with Crippen LogP contribution >= 0.6 is 15.9 Å². The van der Waals surface area contributed by atoms with E-state index in [-0.39, 0.29) is 18.4 Å². The van der Waals surface area contributed by atoms with Crippen LogP contribution in [0.15, 0.2) is 45.7 Å². The van der Waals surface area contributed by atoms with E-state index in [0.29, 0.717) is 22.3 Å². The number of hydrogen-bond acceptors (Lipinski definition) is 4. The average Bonchev–Trinajstić information content (AvgIpc) is 2.95. The fourth-order valence-electron chi connectivity index (χ4n) is 1.46. The molecular weight excluding hydrogens is 326 g/mol. The van der Waals surface area contributed by atoms with Crippen LogP contribution in [-0.4, -0.2) is 23.3 Å². The molecule has 2 aromatic rings. The van der Waals surface area contributed by atoms with Crippen LogP contribution in [-0.2, 0) is 11.3 Å². The van der Waals surface area contributed by atoms with Gasteiger partial charge >= 0.3 is 0 Å². The van der Waals surface area contributed by atoms with Crippen LogP contribution in [0.5, 0.6) is 0 Å². The lowest BCUT2D eigenvalue weighted by atomic mass is 10.3. The third-order valence-electron chi connectivity index (χ3n) is 2.42. The van der Waals surface area contributed by atoms with E-state index >= 15 is 0 Å². The highest BCUT2D eigenvalue weighted by molar-refractivity contribution is 9.10. The van der Waals surface area contributed by atoms with Gasteiger partial charge in [-0.3, -0.25) is 14.6 Å². The van der Waals surface area contributed by atoms with E-state index < -0.39 is 0 Å². The van der Waals surface area contributed by atoms with Gasteiger partial charge in [-0.15, -0.1) is 0 Å². The zero-order valence-corrected chi connectivity index (χ0v) is 12.0. The van der Waals surface area contributed by atoms with Crippen LogP contribution < -0.4 is 10.6 Å². The maximum Gasteiger partial charge on any atom is 0.253 e. The fourth-order valence-corrected chi connectivity index (χ4v) is 1.82. The molecule has 0 radical (unpaired) electrons. The van der Waals surface area contributed by atoms with Crippen LogP contribution in [0.1, 0.15) is 16.1 Å². The number of carbonyl (C=O) groups is 2. The van der Waals surface area contributed by atoms with Crippen molar-refractivity contribution in [1.29, 1.82) is 0 Å². The van der Waals surface area contributed by atoms with Crippen molar-refractivity contribution in [1.82, 2.24) is 15.6 Å². The summed E-state index contributed by atoms with van der Waals surface area (Å²) < 4.78 is 5.78. The summed E-state index contributed by atoms with van der Waals surface area (Å²) >= 11 is 3.23. The highest BCUT2D eigenvalue weighted by Crippen LogP contribution is 2.09. The van der Waals surface area contributed by atoms with E-state index in [0.717, 1.165) is 0 Å². The minimum Gasteiger partial charge on any atom is -0.467 e. The summed E-state index contributed by atoms with van der Waals surface area (Å²) in [6.45, 7) is 0.187. The first-order valence-corrected chi connectivity index (χ1v) is 6.62. The van der Waals surface area contributed by atoms with Gasteiger partial charge in [-0.05, 0) is 34.1 Å². The monoisotopic (exact) mass is 337 g/mol. The predicted molar refractivity (Wildman–Crippen MR) is 74.8 cm³/mol. The molecule has 0 saturated carbocycles. The van der Waals surface area contributed by atoms with Crippen molar-refractivity contribution in [2.45, 2.75) is 6.54 Å². The number of aromatic nitrogens is 1. The molecule has 104 valence electrons. The van der Waals surface area contributed by atoms with Crippen molar-refractivity contribution in [2.75, 3.05) is 6.54 Å². The molecule has 2 amide bonds. The Hall–Kier alpha value is -2.15. The third kappa shape index (κ3) is 4.20. The van der Waals surface area contributed by atoms with Crippen LogP contribution in [0.3, 0.4) is 0 Å². The molecule has 0 bridgehead atoms. The highest BCUT2D eigenvalue weighted by Gasteiger charge is 2.09. The number of rotatable bonds is 5. The lowest BCUT2D eigenvalue weighted by Gasteiger charge is -2.06. The normalized spacial score (nSPS) is 10.1. The molecule has 0 aliphatic carbocycles. The number of hydrogen-bond donors (Lipinski definition) is 2. The SMILES string of the molecule is O=C(CNC(=O)c1cncc(Br)c1)NCc1ccco1. The molecule has 0 saturated heterocycles. The molecule has 2 heterocycles. The van der Waals surface area contributed by atoms with Gasteiger partial charge in [0.1, 0.15) is 5.76 Å². The van der Waals surface area contributed by atoms with Crippen molar-refractivity contribution >= 4 is 27.7 Å². The number of nitrogens with zero attached hydrogens (tertiary/aromatic N) is 1. The Morgan fingerprint density at radius 3 is 2.85 bits per heavy atom. The van der Waals surface area contributed by atoms with Crippen molar-refractivity contribution in [3.63, 3.8) is 0 Å². The Bertz CT molecular complexity index is 599. The second-order valence-corrected chi connectivity index (χ2v) is 4.85. The number of furan rings is 1. The lowest BCUT2D eigenvalue weighted by Crippen LogP contribution is -2.36. The summed E-state index contributed by atoms with van der Waals surface area (Å²) in [7, 11) is 0. The number of nitrogens with one attached hydrogen (secondary N) is 2. The first-order chi connectivity index (χ1) is 9.65. The number of halogens is 1. The second kappa shape index (κ2) is 6.85. The molecule has 0 fully saturated rings. The Kier molecular flexibility index (Phi) is 4.89. The Morgan fingerprint density at radius 1 is 1.30 bits per heavy atom. The van der Waals surface area contributed by atoms with Crippen LogP contribution in [0.2, 0.25) is 0 Å². The molecule has 0 spiro atoms. The molecule has 0 aromatic carbocycles. The zero-order valence-electron chi connectivity index (χ0n) is 10.4. The van der Waals surface area contributed by atoms with Gasteiger partial charge in [-0.2, -0.15) is 0 Å². The number of pyridine rings is 1. The summed E-state index contributed by atoms with van der Waals surface area (Å²) in [5.41, 5.74) is 0.387. The Morgan fingerprint density at radius 2 is 2.15 bits per heavy atom. The molecule has 20 heavy (non-hydrogen) atoms. The molecule has 0 atom stereocenters. The summed E-state index contributed by atoms with van der Waals surface area (Å²) in [5, 5.41) is 5.14. The third-order valence-corrected chi connectivity index (χ3v) is 2.85. The first kappa shape index (κ1) is 14.3. The fraction of sp³-hybridized carbons (Fsp3) is 0.154. The van der Waals surface area contributed by atoms with Crippen molar-refractivity contribution in [3.05, 3.63) is 52.7 Å².